The third-order valence-corrected chi connectivity index (χ3v) is 1.52. The molecule has 0 heterocycles. The average Bonchev–Trinajstić information content (AvgIpc) is 2.00. The van der Waals surface area contributed by atoms with Gasteiger partial charge in [-0.05, 0) is 13.8 Å². The molecule has 0 aromatic heterocycles. The highest BCUT2D eigenvalue weighted by atomic mass is 16.5. The van der Waals surface area contributed by atoms with E-state index in [4.69, 9.17) is 9.84 Å². The normalized spacial score (nSPS) is 14.2. The van der Waals surface area contributed by atoms with Gasteiger partial charge in [-0.3, -0.25) is 0 Å². The number of nitrogens with one attached hydrogen (secondary N) is 1. The second-order valence-corrected chi connectivity index (χ2v) is 3.07. The van der Waals surface area contributed by atoms with Crippen molar-refractivity contribution in [1.82, 2.24) is 5.32 Å². The van der Waals surface area contributed by atoms with Crippen molar-refractivity contribution in [3.63, 3.8) is 0 Å². The van der Waals surface area contributed by atoms with Crippen LogP contribution in [0, 0.1) is 0 Å². The van der Waals surface area contributed by atoms with Gasteiger partial charge in [-0.1, -0.05) is 5.57 Å². The van der Waals surface area contributed by atoms with Crippen molar-refractivity contribution in [2.24, 2.45) is 0 Å². The molecule has 4 nitrogen and oxygen atoms in total. The maximum Gasteiger partial charge on any atom is 0.328 e. The number of carboxylic acids is 1. The zero-order valence-corrected chi connectivity index (χ0v) is 8.33. The number of hydrogen-bond donors (Lipinski definition) is 2. The van der Waals surface area contributed by atoms with Crippen molar-refractivity contribution in [1.29, 1.82) is 0 Å². The maximum atomic E-state index is 10.3. The monoisotopic (exact) mass is 187 g/mol. The van der Waals surface area contributed by atoms with Gasteiger partial charge < -0.3 is 15.2 Å². The molecule has 0 aliphatic carbocycles. The van der Waals surface area contributed by atoms with Crippen LogP contribution in [0.2, 0.25) is 0 Å². The van der Waals surface area contributed by atoms with Crippen LogP contribution in [0.4, 0.5) is 0 Å². The Morgan fingerprint density at radius 1 is 1.69 bits per heavy atom. The summed E-state index contributed by atoms with van der Waals surface area (Å²) in [5, 5.41) is 11.6. The lowest BCUT2D eigenvalue weighted by Gasteiger charge is -2.12. The van der Waals surface area contributed by atoms with Crippen LogP contribution in [0.1, 0.15) is 13.8 Å². The van der Waals surface area contributed by atoms with E-state index in [-0.39, 0.29) is 6.04 Å². The lowest BCUT2D eigenvalue weighted by Crippen LogP contribution is -2.31. The summed E-state index contributed by atoms with van der Waals surface area (Å²) < 4.78 is 4.92. The van der Waals surface area contributed by atoms with Gasteiger partial charge >= 0.3 is 5.97 Å². The van der Waals surface area contributed by atoms with Crippen LogP contribution in [0.15, 0.2) is 11.6 Å². The predicted molar refractivity (Wildman–Crippen MR) is 50.7 cm³/mol. The molecule has 1 atom stereocenters. The first-order valence-corrected chi connectivity index (χ1v) is 4.18. The number of hydrogen-bond acceptors (Lipinski definition) is 3. The van der Waals surface area contributed by atoms with Gasteiger partial charge in [0.15, 0.2) is 0 Å². The standard InChI is InChI=1S/C9H17NO3/c1-7(4-9(11)12)5-10-8(2)6-13-3/h4,8,10H,5-6H2,1-3H3,(H,11,12). The van der Waals surface area contributed by atoms with Crippen molar-refractivity contribution >= 4 is 5.97 Å². The SMILES string of the molecule is COCC(C)NCC(C)=CC(=O)O. The molecule has 76 valence electrons. The Kier molecular flexibility index (Phi) is 6.18. The number of ether oxygens (including phenoxy) is 1. The highest BCUT2D eigenvalue weighted by Gasteiger charge is 2.00. The highest BCUT2D eigenvalue weighted by Crippen LogP contribution is 1.91. The summed E-state index contributed by atoms with van der Waals surface area (Å²) >= 11 is 0. The van der Waals surface area contributed by atoms with E-state index in [0.29, 0.717) is 13.2 Å². The molecule has 0 radical (unpaired) electrons. The van der Waals surface area contributed by atoms with Crippen molar-refractivity contribution in [2.45, 2.75) is 19.9 Å². The highest BCUT2D eigenvalue weighted by molar-refractivity contribution is 5.80. The van der Waals surface area contributed by atoms with Gasteiger partial charge in [0.2, 0.25) is 0 Å². The van der Waals surface area contributed by atoms with E-state index in [9.17, 15) is 4.79 Å². The minimum Gasteiger partial charge on any atom is -0.478 e. The Labute approximate surface area is 78.6 Å². The first-order valence-electron chi connectivity index (χ1n) is 4.18. The van der Waals surface area contributed by atoms with Crippen LogP contribution in [-0.2, 0) is 9.53 Å². The molecule has 1 unspecified atom stereocenters. The summed E-state index contributed by atoms with van der Waals surface area (Å²) in [6.45, 7) is 4.97. The summed E-state index contributed by atoms with van der Waals surface area (Å²) in [7, 11) is 1.64. The largest absolute Gasteiger partial charge is 0.478 e. The molecule has 0 bridgehead atoms. The van der Waals surface area contributed by atoms with E-state index >= 15 is 0 Å². The van der Waals surface area contributed by atoms with E-state index in [1.54, 1.807) is 14.0 Å². The number of aliphatic carboxylic acids is 1. The predicted octanol–water partition coefficient (Wildman–Crippen LogP) is 0.642. The summed E-state index contributed by atoms with van der Waals surface area (Å²) in [4.78, 5) is 10.3. The molecule has 0 fully saturated rings. The summed E-state index contributed by atoms with van der Waals surface area (Å²) in [5.74, 6) is -0.904. The Bertz CT molecular complexity index is 189. The fourth-order valence-electron chi connectivity index (χ4n) is 0.906. The Hall–Kier alpha value is -0.870. The van der Waals surface area contributed by atoms with Crippen LogP contribution >= 0.6 is 0 Å². The first kappa shape index (κ1) is 12.1. The maximum absolute atomic E-state index is 10.3. The van der Waals surface area contributed by atoms with Crippen LogP contribution in [-0.4, -0.2) is 37.4 Å². The average molecular weight is 187 g/mol. The van der Waals surface area contributed by atoms with E-state index in [1.165, 1.54) is 6.08 Å². The molecule has 0 amide bonds. The molecule has 0 rings (SSSR count). The van der Waals surface area contributed by atoms with Gasteiger partial charge in [0.25, 0.3) is 0 Å². The number of carboxylic acid groups (broad SMARTS) is 1. The fourth-order valence-corrected chi connectivity index (χ4v) is 0.906. The summed E-state index contributed by atoms with van der Waals surface area (Å²) in [6.07, 6.45) is 1.20. The molecule has 13 heavy (non-hydrogen) atoms. The number of methoxy groups -OCH3 is 1. The second-order valence-electron chi connectivity index (χ2n) is 3.07. The van der Waals surface area contributed by atoms with Gasteiger partial charge in [-0.2, -0.15) is 0 Å². The summed E-state index contributed by atoms with van der Waals surface area (Å²) in [5.41, 5.74) is 0.801. The van der Waals surface area contributed by atoms with Crippen LogP contribution in [0.25, 0.3) is 0 Å². The van der Waals surface area contributed by atoms with Crippen LogP contribution < -0.4 is 5.32 Å². The minimum absolute atomic E-state index is 0.238. The molecular weight excluding hydrogens is 170 g/mol. The molecule has 0 aliphatic heterocycles. The third kappa shape index (κ3) is 7.49. The minimum atomic E-state index is -0.904. The fraction of sp³-hybridized carbons (Fsp3) is 0.667. The number of carbonyl (C=O) groups is 1. The molecule has 0 spiro atoms. The number of rotatable bonds is 6. The molecule has 0 aliphatic rings. The quantitative estimate of drug-likeness (QED) is 0.599. The van der Waals surface area contributed by atoms with Crippen LogP contribution in [0.5, 0.6) is 0 Å². The molecule has 4 heteroatoms. The lowest BCUT2D eigenvalue weighted by molar-refractivity contribution is -0.131. The summed E-state index contributed by atoms with van der Waals surface area (Å²) in [6, 6.07) is 0.238. The topological polar surface area (TPSA) is 58.6 Å². The van der Waals surface area contributed by atoms with Crippen molar-refractivity contribution in [3.8, 4) is 0 Å². The molecule has 0 saturated heterocycles. The van der Waals surface area contributed by atoms with Gasteiger partial charge in [0.1, 0.15) is 0 Å². The van der Waals surface area contributed by atoms with E-state index in [0.717, 1.165) is 5.57 Å². The smallest absolute Gasteiger partial charge is 0.328 e. The second kappa shape index (κ2) is 6.62. The zero-order valence-electron chi connectivity index (χ0n) is 8.33. The van der Waals surface area contributed by atoms with Gasteiger partial charge in [0.05, 0.1) is 6.61 Å². The van der Waals surface area contributed by atoms with E-state index in [1.807, 2.05) is 6.92 Å². The van der Waals surface area contributed by atoms with Crippen molar-refractivity contribution in [2.75, 3.05) is 20.3 Å². The Morgan fingerprint density at radius 3 is 2.77 bits per heavy atom. The van der Waals surface area contributed by atoms with Gasteiger partial charge in [0, 0.05) is 25.8 Å². The van der Waals surface area contributed by atoms with Crippen LogP contribution in [0.3, 0.4) is 0 Å². The third-order valence-electron chi connectivity index (χ3n) is 1.52. The molecule has 0 aromatic rings. The van der Waals surface area contributed by atoms with E-state index in [2.05, 4.69) is 5.32 Å². The van der Waals surface area contributed by atoms with E-state index < -0.39 is 5.97 Å². The lowest BCUT2D eigenvalue weighted by atomic mass is 10.2. The van der Waals surface area contributed by atoms with Crippen molar-refractivity contribution in [3.05, 3.63) is 11.6 Å². The Morgan fingerprint density at radius 2 is 2.31 bits per heavy atom. The first-order chi connectivity index (χ1) is 6.06. The van der Waals surface area contributed by atoms with Gasteiger partial charge in [-0.15, -0.1) is 0 Å². The van der Waals surface area contributed by atoms with Gasteiger partial charge in [-0.25, -0.2) is 4.79 Å². The van der Waals surface area contributed by atoms with Crippen molar-refractivity contribution < 1.29 is 14.6 Å². The molecule has 0 aromatic carbocycles. The molecule has 0 saturated carbocycles. The molecule has 2 N–H and O–H groups in total. The molecular formula is C9H17NO3. The Balaban J connectivity index is 3.69. The zero-order chi connectivity index (χ0) is 10.3.